The maximum Gasteiger partial charge on any atom is 0.223 e. The van der Waals surface area contributed by atoms with Crippen molar-refractivity contribution in [2.45, 2.75) is 38.8 Å². The summed E-state index contributed by atoms with van der Waals surface area (Å²) < 4.78 is 29.5. The van der Waals surface area contributed by atoms with Gasteiger partial charge in [-0.1, -0.05) is 12.1 Å². The number of likely N-dealkylation sites (tertiary alicyclic amines) is 1. The average molecular weight is 450 g/mol. The van der Waals surface area contributed by atoms with Crippen LogP contribution in [0.25, 0.3) is 22.3 Å². The predicted octanol–water partition coefficient (Wildman–Crippen LogP) is 4.57. The van der Waals surface area contributed by atoms with Gasteiger partial charge in [0, 0.05) is 43.5 Å². The molecule has 8 heteroatoms. The lowest BCUT2D eigenvalue weighted by Crippen LogP contribution is -2.34. The summed E-state index contributed by atoms with van der Waals surface area (Å²) in [6.45, 7) is 3.50. The fourth-order valence-electron chi connectivity index (χ4n) is 4.81. The fourth-order valence-corrected chi connectivity index (χ4v) is 4.81. The summed E-state index contributed by atoms with van der Waals surface area (Å²) in [6.07, 6.45) is 6.88. The summed E-state index contributed by atoms with van der Waals surface area (Å²) in [6, 6.07) is 10.3. The number of fused-ring (bicyclic) bond motifs is 1. The minimum absolute atomic E-state index is 0.0163. The summed E-state index contributed by atoms with van der Waals surface area (Å²) in [5.41, 5.74) is 4.04. The molecule has 5 rings (SSSR count). The molecule has 0 saturated carbocycles. The van der Waals surface area contributed by atoms with Gasteiger partial charge in [-0.3, -0.25) is 9.89 Å². The number of carbonyl (C=O) groups excluding carboxylic acids is 1. The molecule has 1 unspecified atom stereocenters. The molecule has 4 aromatic rings. The van der Waals surface area contributed by atoms with E-state index in [1.54, 1.807) is 6.20 Å². The lowest BCUT2D eigenvalue weighted by molar-refractivity contribution is -0.131. The Morgan fingerprint density at radius 2 is 2.09 bits per heavy atom. The number of carbonyl (C=O) groups is 1. The first-order valence-corrected chi connectivity index (χ1v) is 11.2. The highest BCUT2D eigenvalue weighted by Gasteiger charge is 2.32. The van der Waals surface area contributed by atoms with E-state index in [2.05, 4.69) is 20.8 Å². The van der Waals surface area contributed by atoms with Crippen LogP contribution in [0.1, 0.15) is 25.3 Å². The van der Waals surface area contributed by atoms with Crippen molar-refractivity contribution in [3.05, 3.63) is 72.2 Å². The predicted molar refractivity (Wildman–Crippen MR) is 121 cm³/mol. The topological polar surface area (TPSA) is 66.8 Å². The Hall–Kier alpha value is -3.55. The van der Waals surface area contributed by atoms with Crippen LogP contribution in [-0.4, -0.2) is 43.1 Å². The Morgan fingerprint density at radius 1 is 1.21 bits per heavy atom. The molecule has 0 radical (unpaired) electrons. The van der Waals surface area contributed by atoms with Gasteiger partial charge in [0.15, 0.2) is 11.6 Å². The monoisotopic (exact) mass is 449 g/mol. The molecule has 1 N–H and O–H groups in total. The van der Waals surface area contributed by atoms with Crippen molar-refractivity contribution in [2.24, 2.45) is 5.92 Å². The molecule has 1 fully saturated rings. The number of aryl methyl sites for hydroxylation is 1. The number of nitrogens with one attached hydrogen (secondary N) is 1. The van der Waals surface area contributed by atoms with E-state index in [-0.39, 0.29) is 30.4 Å². The van der Waals surface area contributed by atoms with Gasteiger partial charge in [-0.05, 0) is 55.5 Å². The Labute approximate surface area is 190 Å². The Bertz CT molecular complexity index is 1280. The lowest BCUT2D eigenvalue weighted by atomic mass is 10.1. The van der Waals surface area contributed by atoms with Crippen molar-refractivity contribution in [1.82, 2.24) is 24.6 Å². The van der Waals surface area contributed by atoms with E-state index in [1.807, 2.05) is 36.4 Å². The average Bonchev–Trinajstić information content (AvgIpc) is 3.55. The van der Waals surface area contributed by atoms with Crippen LogP contribution < -0.4 is 0 Å². The van der Waals surface area contributed by atoms with E-state index < -0.39 is 11.6 Å². The van der Waals surface area contributed by atoms with Crippen molar-refractivity contribution in [3.63, 3.8) is 0 Å². The summed E-state index contributed by atoms with van der Waals surface area (Å²) in [5.74, 6) is -1.43. The number of rotatable bonds is 6. The number of benzene rings is 1. The van der Waals surface area contributed by atoms with E-state index in [4.69, 9.17) is 4.98 Å². The zero-order valence-electron chi connectivity index (χ0n) is 18.3. The molecule has 6 nitrogen and oxygen atoms in total. The number of hydrogen-bond acceptors (Lipinski definition) is 3. The van der Waals surface area contributed by atoms with Crippen LogP contribution in [0.15, 0.2) is 55.0 Å². The highest BCUT2D eigenvalue weighted by molar-refractivity contribution is 5.79. The molecule has 1 amide bonds. The molecule has 170 valence electrons. The Balaban J connectivity index is 1.23. The zero-order chi connectivity index (χ0) is 22.9. The first-order chi connectivity index (χ1) is 16.0. The van der Waals surface area contributed by atoms with Gasteiger partial charge in [-0.15, -0.1) is 0 Å². The quantitative estimate of drug-likeness (QED) is 0.469. The number of hydrogen-bond donors (Lipinski definition) is 1. The van der Waals surface area contributed by atoms with Gasteiger partial charge < -0.3 is 9.47 Å². The number of H-pyrrole nitrogens is 1. The molecule has 1 aliphatic rings. The first kappa shape index (κ1) is 21.3. The summed E-state index contributed by atoms with van der Waals surface area (Å²) >= 11 is 0. The van der Waals surface area contributed by atoms with E-state index in [0.717, 1.165) is 41.3 Å². The second-order valence-electron chi connectivity index (χ2n) is 8.77. The van der Waals surface area contributed by atoms with Crippen molar-refractivity contribution in [3.8, 4) is 11.3 Å². The molecule has 0 aliphatic carbocycles. The van der Waals surface area contributed by atoms with Crippen molar-refractivity contribution >= 4 is 16.9 Å². The standard InChI is InChI=1S/C25H25F2N5O/c1-16-11-17(15-32(16)24(33)8-5-18-3-2-4-20(26)25(18)27)14-31-10-9-22-23(31)7-6-21(30-22)19-12-28-29-13-19/h2-4,6-7,9-10,12-13,16-17H,5,8,11,14-15H2,1H3,(H,28,29)/t16-,17?/m1/s1. The smallest absolute Gasteiger partial charge is 0.223 e. The number of nitrogens with zero attached hydrogens (tertiary/aromatic N) is 4. The second-order valence-corrected chi connectivity index (χ2v) is 8.77. The van der Waals surface area contributed by atoms with Crippen LogP contribution in [0.4, 0.5) is 8.78 Å². The largest absolute Gasteiger partial charge is 0.346 e. The van der Waals surface area contributed by atoms with Crippen molar-refractivity contribution in [2.75, 3.05) is 6.54 Å². The van der Waals surface area contributed by atoms with Crippen LogP contribution in [-0.2, 0) is 17.8 Å². The number of halogens is 2. The summed E-state index contributed by atoms with van der Waals surface area (Å²) in [4.78, 5) is 19.4. The minimum Gasteiger partial charge on any atom is -0.346 e. The van der Waals surface area contributed by atoms with Gasteiger partial charge >= 0.3 is 0 Å². The summed E-state index contributed by atoms with van der Waals surface area (Å²) in [5, 5.41) is 6.79. The third kappa shape index (κ3) is 4.25. The maximum atomic E-state index is 13.9. The molecule has 1 aromatic carbocycles. The van der Waals surface area contributed by atoms with Gasteiger partial charge in [-0.25, -0.2) is 13.8 Å². The van der Waals surface area contributed by atoms with E-state index in [9.17, 15) is 13.6 Å². The summed E-state index contributed by atoms with van der Waals surface area (Å²) in [7, 11) is 0. The third-order valence-electron chi connectivity index (χ3n) is 6.49. The molecular weight excluding hydrogens is 424 g/mol. The van der Waals surface area contributed by atoms with Crippen LogP contribution in [0, 0.1) is 17.6 Å². The highest BCUT2D eigenvalue weighted by Crippen LogP contribution is 2.28. The van der Waals surface area contributed by atoms with Gasteiger partial charge in [0.25, 0.3) is 0 Å². The van der Waals surface area contributed by atoms with Crippen LogP contribution in [0.5, 0.6) is 0 Å². The van der Waals surface area contributed by atoms with Crippen LogP contribution >= 0.6 is 0 Å². The van der Waals surface area contributed by atoms with Crippen LogP contribution in [0.2, 0.25) is 0 Å². The lowest BCUT2D eigenvalue weighted by Gasteiger charge is -2.21. The molecule has 1 saturated heterocycles. The molecular formula is C25H25F2N5O. The maximum absolute atomic E-state index is 13.9. The Kier molecular flexibility index (Phi) is 5.66. The number of amides is 1. The molecule has 0 bridgehead atoms. The fraction of sp³-hybridized carbons (Fsp3) is 0.320. The molecule has 33 heavy (non-hydrogen) atoms. The van der Waals surface area contributed by atoms with Gasteiger partial charge in [0.1, 0.15) is 0 Å². The molecule has 0 spiro atoms. The first-order valence-electron chi connectivity index (χ1n) is 11.2. The highest BCUT2D eigenvalue weighted by atomic mass is 19.2. The molecule has 3 aromatic heterocycles. The number of aromatic amines is 1. The van der Waals surface area contributed by atoms with Crippen molar-refractivity contribution in [1.29, 1.82) is 0 Å². The number of pyridine rings is 1. The van der Waals surface area contributed by atoms with Gasteiger partial charge in [0.05, 0.1) is 22.9 Å². The minimum atomic E-state index is -0.875. The van der Waals surface area contributed by atoms with Crippen LogP contribution in [0.3, 0.4) is 0 Å². The Morgan fingerprint density at radius 3 is 2.91 bits per heavy atom. The molecule has 1 aliphatic heterocycles. The van der Waals surface area contributed by atoms with Crippen molar-refractivity contribution < 1.29 is 13.6 Å². The van der Waals surface area contributed by atoms with Gasteiger partial charge in [0.2, 0.25) is 5.91 Å². The van der Waals surface area contributed by atoms with E-state index >= 15 is 0 Å². The van der Waals surface area contributed by atoms with E-state index in [1.165, 1.54) is 12.1 Å². The van der Waals surface area contributed by atoms with Gasteiger partial charge in [-0.2, -0.15) is 5.10 Å². The normalized spacial score (nSPS) is 18.3. The zero-order valence-corrected chi connectivity index (χ0v) is 18.3. The molecule has 4 heterocycles. The second kappa shape index (κ2) is 8.77. The third-order valence-corrected chi connectivity index (χ3v) is 6.49. The number of aromatic nitrogens is 4. The van der Waals surface area contributed by atoms with E-state index in [0.29, 0.717) is 12.5 Å². The SMILES string of the molecule is C[C@@H]1CC(Cn2ccc3nc(-c4cn[nH]c4)ccc32)CN1C(=O)CCc1cccc(F)c1F. The molecule has 2 atom stereocenters.